The average Bonchev–Trinajstić information content (AvgIpc) is 3.66. The number of aromatic amines is 2. The molecule has 184 valence electrons. The van der Waals surface area contributed by atoms with Crippen LogP contribution in [0.5, 0.6) is 0 Å². The molecule has 0 aliphatic carbocycles. The summed E-state index contributed by atoms with van der Waals surface area (Å²) in [6.45, 7) is 2.64. The number of pyridine rings is 1. The zero-order valence-corrected chi connectivity index (χ0v) is 20.3. The van der Waals surface area contributed by atoms with Gasteiger partial charge in [0, 0.05) is 40.9 Å². The number of nitrogens with one attached hydrogen (secondary N) is 3. The van der Waals surface area contributed by atoms with E-state index in [1.807, 2.05) is 36.6 Å². The fourth-order valence-electron chi connectivity index (χ4n) is 4.46. The second-order valence-corrected chi connectivity index (χ2v) is 8.92. The number of hydrogen-bond donors (Lipinski definition) is 3. The molecule has 0 spiro atoms. The second kappa shape index (κ2) is 9.69. The minimum atomic E-state index is -0.00154. The first-order valence-electron chi connectivity index (χ1n) is 12.3. The Morgan fingerprint density at radius 3 is 2.92 bits per heavy atom. The van der Waals surface area contributed by atoms with Gasteiger partial charge in [-0.3, -0.25) is 19.9 Å². The van der Waals surface area contributed by atoms with Gasteiger partial charge in [-0.05, 0) is 36.2 Å². The predicted molar refractivity (Wildman–Crippen MR) is 143 cm³/mol. The van der Waals surface area contributed by atoms with Crippen LogP contribution in [-0.4, -0.2) is 43.8 Å². The van der Waals surface area contributed by atoms with Crippen LogP contribution in [0.4, 0.5) is 5.69 Å². The van der Waals surface area contributed by atoms with Crippen molar-refractivity contribution in [2.24, 2.45) is 4.99 Å². The largest absolute Gasteiger partial charge is 0.472 e. The minimum absolute atomic E-state index is 0.00154. The molecule has 4 aromatic heterocycles. The van der Waals surface area contributed by atoms with E-state index in [0.717, 1.165) is 57.4 Å². The van der Waals surface area contributed by atoms with E-state index in [2.05, 4.69) is 43.5 Å². The van der Waals surface area contributed by atoms with Gasteiger partial charge in [0.1, 0.15) is 5.69 Å². The molecule has 5 heterocycles. The lowest BCUT2D eigenvalue weighted by Crippen LogP contribution is -2.11. The number of furan rings is 1. The number of hydrogen-bond acceptors (Lipinski definition) is 6. The van der Waals surface area contributed by atoms with Crippen LogP contribution in [0.2, 0.25) is 0 Å². The number of nitrogens with zero attached hydrogens (tertiary/aromatic N) is 4. The second-order valence-electron chi connectivity index (χ2n) is 8.92. The number of imidazole rings is 1. The number of carbonyl (C=O) groups is 1. The summed E-state index contributed by atoms with van der Waals surface area (Å²) in [4.78, 5) is 29.3. The van der Waals surface area contributed by atoms with Gasteiger partial charge < -0.3 is 14.7 Å². The number of aliphatic imine (C=N–C) groups is 1. The molecule has 5 aromatic rings. The van der Waals surface area contributed by atoms with Gasteiger partial charge in [-0.2, -0.15) is 5.10 Å². The Balaban J connectivity index is 1.35. The molecule has 1 aromatic carbocycles. The Morgan fingerprint density at radius 2 is 2.05 bits per heavy atom. The lowest BCUT2D eigenvalue weighted by atomic mass is 10.0. The van der Waals surface area contributed by atoms with Gasteiger partial charge in [0.2, 0.25) is 5.91 Å². The third-order valence-corrected chi connectivity index (χ3v) is 6.34. The molecule has 0 unspecified atom stereocenters. The van der Waals surface area contributed by atoms with Crippen molar-refractivity contribution in [3.8, 4) is 22.6 Å². The van der Waals surface area contributed by atoms with Crippen LogP contribution in [-0.2, 0) is 4.79 Å². The number of H-pyrrole nitrogens is 2. The van der Waals surface area contributed by atoms with Gasteiger partial charge in [-0.1, -0.05) is 25.5 Å². The van der Waals surface area contributed by atoms with Crippen LogP contribution in [0.15, 0.2) is 70.7 Å². The zero-order chi connectivity index (χ0) is 25.2. The summed E-state index contributed by atoms with van der Waals surface area (Å²) in [6, 6.07) is 9.90. The van der Waals surface area contributed by atoms with Crippen molar-refractivity contribution in [3.05, 3.63) is 78.3 Å². The number of benzene rings is 1. The zero-order valence-electron chi connectivity index (χ0n) is 20.3. The third-order valence-electron chi connectivity index (χ3n) is 6.34. The summed E-state index contributed by atoms with van der Waals surface area (Å²) in [5, 5.41) is 11.5. The Bertz CT molecular complexity index is 1640. The smallest absolute Gasteiger partial charge is 0.224 e. The summed E-state index contributed by atoms with van der Waals surface area (Å²) in [5.41, 5.74) is 7.68. The number of fused-ring (bicyclic) bond motifs is 2. The molecule has 0 saturated heterocycles. The molecule has 3 N–H and O–H groups in total. The first-order valence-corrected chi connectivity index (χ1v) is 12.3. The molecule has 0 radical (unpaired) electrons. The van der Waals surface area contributed by atoms with E-state index in [1.54, 1.807) is 24.9 Å². The molecular formula is C28H25N7O2. The van der Waals surface area contributed by atoms with Crippen molar-refractivity contribution in [2.75, 3.05) is 11.9 Å². The van der Waals surface area contributed by atoms with Crippen LogP contribution in [0.1, 0.15) is 43.1 Å². The number of carbonyl (C=O) groups excluding carboxylic acids is 1. The van der Waals surface area contributed by atoms with E-state index >= 15 is 0 Å². The van der Waals surface area contributed by atoms with Crippen LogP contribution in [0, 0.1) is 0 Å². The lowest BCUT2D eigenvalue weighted by Gasteiger charge is -2.07. The van der Waals surface area contributed by atoms with Crippen molar-refractivity contribution < 1.29 is 9.21 Å². The minimum Gasteiger partial charge on any atom is -0.472 e. The molecule has 1 aliphatic rings. The van der Waals surface area contributed by atoms with E-state index in [4.69, 9.17) is 9.40 Å². The fourth-order valence-corrected chi connectivity index (χ4v) is 4.46. The molecule has 6 rings (SSSR count). The number of rotatable bonds is 7. The normalized spacial score (nSPS) is 12.8. The van der Waals surface area contributed by atoms with Crippen molar-refractivity contribution >= 4 is 34.3 Å². The Kier molecular flexibility index (Phi) is 5.94. The third kappa shape index (κ3) is 4.47. The fraction of sp³-hybridized carbons (Fsp3) is 0.179. The average molecular weight is 492 g/mol. The first kappa shape index (κ1) is 22.7. The van der Waals surface area contributed by atoms with E-state index in [9.17, 15) is 4.79 Å². The maximum atomic E-state index is 12.2. The number of anilines is 1. The molecule has 0 atom stereocenters. The van der Waals surface area contributed by atoms with Crippen molar-refractivity contribution in [2.45, 2.75) is 26.2 Å². The van der Waals surface area contributed by atoms with Gasteiger partial charge in [0.25, 0.3) is 0 Å². The van der Waals surface area contributed by atoms with Crippen molar-refractivity contribution in [3.63, 3.8) is 0 Å². The van der Waals surface area contributed by atoms with Crippen LogP contribution in [0.25, 0.3) is 39.1 Å². The molecule has 0 fully saturated rings. The van der Waals surface area contributed by atoms with Gasteiger partial charge in [0.15, 0.2) is 5.82 Å². The maximum absolute atomic E-state index is 12.2. The molecule has 37 heavy (non-hydrogen) atoms. The number of unbranched alkanes of at least 4 members (excludes halogenated alkanes) is 1. The van der Waals surface area contributed by atoms with Crippen molar-refractivity contribution in [1.82, 2.24) is 25.1 Å². The number of amides is 1. The summed E-state index contributed by atoms with van der Waals surface area (Å²) in [5.74, 6) is 0.643. The molecule has 1 amide bonds. The lowest BCUT2D eigenvalue weighted by molar-refractivity contribution is -0.116. The van der Waals surface area contributed by atoms with Crippen molar-refractivity contribution in [1.29, 1.82) is 0 Å². The summed E-state index contributed by atoms with van der Waals surface area (Å²) >= 11 is 0. The highest BCUT2D eigenvalue weighted by Crippen LogP contribution is 2.33. The summed E-state index contributed by atoms with van der Waals surface area (Å²) < 4.78 is 5.30. The van der Waals surface area contributed by atoms with Gasteiger partial charge >= 0.3 is 0 Å². The first-order chi connectivity index (χ1) is 18.2. The van der Waals surface area contributed by atoms with Crippen LogP contribution in [0.3, 0.4) is 0 Å². The maximum Gasteiger partial charge on any atom is 0.224 e. The molecule has 0 bridgehead atoms. The topological polar surface area (TPSA) is 125 Å². The number of aromatic nitrogens is 5. The monoisotopic (exact) mass is 491 g/mol. The van der Waals surface area contributed by atoms with E-state index in [0.29, 0.717) is 30.2 Å². The predicted octanol–water partition coefficient (Wildman–Crippen LogP) is 5.60. The molecule has 1 aliphatic heterocycles. The Morgan fingerprint density at radius 1 is 1.11 bits per heavy atom. The highest BCUT2D eigenvalue weighted by molar-refractivity contribution is 5.97. The quantitative estimate of drug-likeness (QED) is 0.273. The summed E-state index contributed by atoms with van der Waals surface area (Å²) in [6.07, 6.45) is 13.0. The van der Waals surface area contributed by atoms with Gasteiger partial charge in [-0.25, -0.2) is 4.98 Å². The van der Waals surface area contributed by atoms with Gasteiger partial charge in [-0.15, -0.1) is 0 Å². The Hall–Kier alpha value is -4.79. The van der Waals surface area contributed by atoms with Crippen LogP contribution < -0.4 is 5.32 Å². The molecule has 0 saturated carbocycles. The Labute approximate surface area is 212 Å². The van der Waals surface area contributed by atoms with E-state index in [-0.39, 0.29) is 5.91 Å². The van der Waals surface area contributed by atoms with E-state index < -0.39 is 0 Å². The highest BCUT2D eigenvalue weighted by atomic mass is 16.3. The standard InChI is InChI=1S/C28H25N7O2/c1-2-3-4-25(36)31-20-11-19(13-30-14-20)17-5-6-23-22(12-17)27(35-34-23)28-32-24-15-29-9-7-21(26(24)33-28)18-8-10-37-16-18/h5-8,10-16H,2-4,9H2,1H3,(H,31,36)(H,32,33)(H,34,35). The molecular weight excluding hydrogens is 466 g/mol. The molecule has 9 heteroatoms. The SMILES string of the molecule is CCCCC(=O)Nc1cncc(-c2ccc3[nH]nc(-c4nc5c([nH]4)C=NCC=C5c4ccoc4)c3c2)c1. The summed E-state index contributed by atoms with van der Waals surface area (Å²) in [7, 11) is 0. The highest BCUT2D eigenvalue weighted by Gasteiger charge is 2.20. The van der Waals surface area contributed by atoms with E-state index in [1.165, 1.54) is 0 Å². The van der Waals surface area contributed by atoms with Crippen LogP contribution >= 0.6 is 0 Å². The molecule has 9 nitrogen and oxygen atoms in total. The van der Waals surface area contributed by atoms with Gasteiger partial charge in [0.05, 0.1) is 47.9 Å².